The molecule has 0 radical (unpaired) electrons. The molecule has 6 nitrogen and oxygen atoms in total. The summed E-state index contributed by atoms with van der Waals surface area (Å²) in [6.07, 6.45) is 0. The molecule has 1 rings (SSSR count). The van der Waals surface area contributed by atoms with Crippen molar-refractivity contribution in [3.63, 3.8) is 0 Å². The maximum atomic E-state index is 12.1. The zero-order valence-electron chi connectivity index (χ0n) is 10.0. The van der Waals surface area contributed by atoms with E-state index >= 15 is 0 Å². The normalized spacial score (nSPS) is 11.7. The maximum absolute atomic E-state index is 12.1. The van der Waals surface area contributed by atoms with Gasteiger partial charge in [-0.1, -0.05) is 11.6 Å². The molecule has 0 saturated carbocycles. The second kappa shape index (κ2) is 7.31. The monoisotopic (exact) mass is 312 g/mol. The Labute approximate surface area is 114 Å². The Balaban J connectivity index is 2.75. The molecule has 0 aliphatic rings. The molecule has 0 atom stereocenters. The van der Waals surface area contributed by atoms with Gasteiger partial charge in [-0.05, 0) is 31.3 Å². The van der Waals surface area contributed by atoms with Gasteiger partial charge in [0.2, 0.25) is 0 Å². The molecule has 18 heavy (non-hydrogen) atoms. The highest BCUT2D eigenvalue weighted by Gasteiger charge is 2.24. The summed E-state index contributed by atoms with van der Waals surface area (Å²) in [5, 5.41) is 4.01. The largest absolute Gasteiger partial charge is 0.390 e. The quantitative estimate of drug-likeness (QED) is 0.721. The topological polar surface area (TPSA) is 70.4 Å². The third kappa shape index (κ3) is 4.74. The van der Waals surface area contributed by atoms with Crippen LogP contribution in [0.1, 0.15) is 13.8 Å². The van der Waals surface area contributed by atoms with Crippen LogP contribution < -0.4 is 5.56 Å². The summed E-state index contributed by atoms with van der Waals surface area (Å²) in [5.41, 5.74) is -0.327. The Morgan fingerprint density at radius 1 is 1.39 bits per heavy atom. The van der Waals surface area contributed by atoms with E-state index in [1.165, 1.54) is 12.1 Å². The van der Waals surface area contributed by atoms with E-state index in [2.05, 4.69) is 5.10 Å². The van der Waals surface area contributed by atoms with Crippen LogP contribution in [-0.4, -0.2) is 23.0 Å². The average molecular weight is 313 g/mol. The summed E-state index contributed by atoms with van der Waals surface area (Å²) in [4.78, 5) is 11.5. The third-order valence-electron chi connectivity index (χ3n) is 1.75. The van der Waals surface area contributed by atoms with E-state index in [4.69, 9.17) is 20.6 Å². The lowest BCUT2D eigenvalue weighted by atomic mass is 10.6. The molecule has 0 unspecified atom stereocenters. The highest BCUT2D eigenvalue weighted by Crippen LogP contribution is 2.60. The summed E-state index contributed by atoms with van der Waals surface area (Å²) in [6.45, 7) is 0.723. The van der Waals surface area contributed by atoms with E-state index in [-0.39, 0.29) is 29.8 Å². The van der Waals surface area contributed by atoms with Crippen molar-refractivity contribution in [3.05, 3.63) is 27.6 Å². The number of aromatic nitrogens is 2. The fraction of sp³-hybridized carbons (Fsp3) is 0.556. The van der Waals surface area contributed by atoms with Crippen molar-refractivity contribution >= 4 is 29.8 Å². The van der Waals surface area contributed by atoms with Crippen LogP contribution in [0.25, 0.3) is 0 Å². The first-order chi connectivity index (χ1) is 8.50. The molecule has 1 heterocycles. The van der Waals surface area contributed by atoms with Crippen molar-refractivity contribution in [2.24, 2.45) is 0 Å². The fourth-order valence-electron chi connectivity index (χ4n) is 1.07. The number of rotatable bonds is 7. The summed E-state index contributed by atoms with van der Waals surface area (Å²) in [6, 6.07) is 2.69. The highest BCUT2D eigenvalue weighted by molar-refractivity contribution is 8.54. The molecule has 0 amide bonds. The molecule has 102 valence electrons. The molecule has 0 fully saturated rings. The van der Waals surface area contributed by atoms with Gasteiger partial charge in [-0.15, -0.1) is 0 Å². The first-order valence-electron chi connectivity index (χ1n) is 5.28. The minimum atomic E-state index is -3.25. The van der Waals surface area contributed by atoms with E-state index in [9.17, 15) is 9.36 Å². The highest BCUT2D eigenvalue weighted by atomic mass is 35.5. The second-order valence-corrected chi connectivity index (χ2v) is 7.47. The van der Waals surface area contributed by atoms with E-state index < -0.39 is 6.80 Å². The van der Waals surface area contributed by atoms with Crippen LogP contribution in [0.4, 0.5) is 0 Å². The van der Waals surface area contributed by atoms with E-state index in [1.54, 1.807) is 13.8 Å². The Kier molecular flexibility index (Phi) is 6.38. The Morgan fingerprint density at radius 2 is 2.00 bits per heavy atom. The van der Waals surface area contributed by atoms with E-state index in [0.717, 1.165) is 16.1 Å². The molecule has 0 aliphatic heterocycles. The lowest BCUT2D eigenvalue weighted by Gasteiger charge is -2.15. The summed E-state index contributed by atoms with van der Waals surface area (Å²) in [5.74, 6) is 0.0523. The predicted molar refractivity (Wildman–Crippen MR) is 72.0 cm³/mol. The van der Waals surface area contributed by atoms with Gasteiger partial charge in [0.1, 0.15) is 11.0 Å². The molecule has 0 aromatic carbocycles. The van der Waals surface area contributed by atoms with Crippen molar-refractivity contribution in [1.29, 1.82) is 0 Å². The minimum absolute atomic E-state index is 0.0523. The van der Waals surface area contributed by atoms with Gasteiger partial charge in [0.25, 0.3) is 5.56 Å². The van der Waals surface area contributed by atoms with Gasteiger partial charge < -0.3 is 9.05 Å². The van der Waals surface area contributed by atoms with Crippen LogP contribution in [0.3, 0.4) is 0 Å². The van der Waals surface area contributed by atoms with Gasteiger partial charge >= 0.3 is 6.80 Å². The van der Waals surface area contributed by atoms with E-state index in [1.807, 2.05) is 0 Å². The molecular formula is C9H14ClN2O4PS. The first kappa shape index (κ1) is 15.7. The fourth-order valence-corrected chi connectivity index (χ4v) is 4.35. The Hall–Kier alpha value is -0.330. The Morgan fingerprint density at radius 3 is 2.56 bits per heavy atom. The van der Waals surface area contributed by atoms with Crippen LogP contribution >= 0.6 is 29.8 Å². The van der Waals surface area contributed by atoms with Crippen LogP contribution in [0, 0.1) is 0 Å². The molecule has 9 heteroatoms. The van der Waals surface area contributed by atoms with Crippen molar-refractivity contribution in [2.45, 2.75) is 19.7 Å². The maximum Gasteiger partial charge on any atom is 0.390 e. The number of nitrogens with zero attached hydrogens (tertiary/aromatic N) is 2. The molecular weight excluding hydrogens is 299 g/mol. The predicted octanol–water partition coefficient (Wildman–Crippen LogP) is 2.77. The van der Waals surface area contributed by atoms with Crippen molar-refractivity contribution in [1.82, 2.24) is 9.78 Å². The summed E-state index contributed by atoms with van der Waals surface area (Å²) >= 11 is 6.58. The van der Waals surface area contributed by atoms with Crippen LogP contribution in [0.2, 0.25) is 5.15 Å². The molecule has 0 aliphatic carbocycles. The van der Waals surface area contributed by atoms with Gasteiger partial charge in [0, 0.05) is 6.07 Å². The molecule has 0 bridgehead atoms. The summed E-state index contributed by atoms with van der Waals surface area (Å²) in [7, 11) is 0. The number of halogens is 1. The smallest absolute Gasteiger partial charge is 0.301 e. The molecule has 0 saturated heterocycles. The lowest BCUT2D eigenvalue weighted by molar-refractivity contribution is 0.236. The van der Waals surface area contributed by atoms with Crippen molar-refractivity contribution in [2.75, 3.05) is 13.2 Å². The molecule has 1 aromatic rings. The van der Waals surface area contributed by atoms with Gasteiger partial charge in [0.05, 0.1) is 13.2 Å². The van der Waals surface area contributed by atoms with Crippen LogP contribution in [-0.2, 0) is 19.5 Å². The van der Waals surface area contributed by atoms with Gasteiger partial charge in [0.15, 0.2) is 0 Å². The van der Waals surface area contributed by atoms with Gasteiger partial charge in [-0.2, -0.15) is 5.10 Å². The SMILES string of the molecule is CCOP(=O)(OCC)SCn1nc(Cl)ccc1=O. The lowest BCUT2D eigenvalue weighted by Crippen LogP contribution is -2.20. The first-order valence-corrected chi connectivity index (χ1v) is 8.79. The molecule has 0 N–H and O–H groups in total. The zero-order valence-corrected chi connectivity index (χ0v) is 12.5. The van der Waals surface area contributed by atoms with Crippen molar-refractivity contribution in [3.8, 4) is 0 Å². The van der Waals surface area contributed by atoms with Crippen LogP contribution in [0.5, 0.6) is 0 Å². The van der Waals surface area contributed by atoms with E-state index in [0.29, 0.717) is 0 Å². The third-order valence-corrected chi connectivity index (χ3v) is 5.70. The van der Waals surface area contributed by atoms with Crippen LogP contribution in [0.15, 0.2) is 16.9 Å². The standard InChI is InChI=1S/C9H14ClN2O4PS/c1-3-15-17(14,16-4-2)18-7-12-9(13)6-5-8(10)11-12/h5-6H,3-4,7H2,1-2H3. The Bertz CT molecular complexity index is 486. The van der Waals surface area contributed by atoms with Crippen molar-refractivity contribution < 1.29 is 13.6 Å². The number of hydrogen-bond acceptors (Lipinski definition) is 6. The second-order valence-electron chi connectivity index (χ2n) is 3.03. The molecule has 1 aromatic heterocycles. The summed E-state index contributed by atoms with van der Waals surface area (Å²) < 4.78 is 23.4. The number of hydrogen-bond donors (Lipinski definition) is 0. The minimum Gasteiger partial charge on any atom is -0.301 e. The van der Waals surface area contributed by atoms with Gasteiger partial charge in [-0.25, -0.2) is 9.25 Å². The molecule has 0 spiro atoms. The zero-order chi connectivity index (χ0) is 13.6. The average Bonchev–Trinajstić information content (AvgIpc) is 2.31. The van der Waals surface area contributed by atoms with Gasteiger partial charge in [-0.3, -0.25) is 4.79 Å².